The van der Waals surface area contributed by atoms with E-state index in [1.165, 1.54) is 11.7 Å². The lowest BCUT2D eigenvalue weighted by Crippen LogP contribution is -2.46. The Kier molecular flexibility index (Phi) is 4.11. The zero-order valence-electron chi connectivity index (χ0n) is 14.2. The van der Waals surface area contributed by atoms with Crippen LogP contribution in [0.1, 0.15) is 39.7 Å². The van der Waals surface area contributed by atoms with Crippen molar-refractivity contribution >= 4 is 17.2 Å². The summed E-state index contributed by atoms with van der Waals surface area (Å²) >= 11 is 1.16. The molecule has 1 amide bonds. The van der Waals surface area contributed by atoms with Crippen molar-refractivity contribution < 1.29 is 18.0 Å². The molecule has 26 heavy (non-hydrogen) atoms. The zero-order chi connectivity index (χ0) is 18.6. The van der Waals surface area contributed by atoms with Gasteiger partial charge in [-0.3, -0.25) is 9.48 Å². The van der Waals surface area contributed by atoms with Crippen molar-refractivity contribution in [1.29, 1.82) is 0 Å². The van der Waals surface area contributed by atoms with Crippen molar-refractivity contribution in [3.8, 4) is 10.6 Å². The Morgan fingerprint density at radius 2 is 2.00 bits per heavy atom. The molecule has 3 fully saturated rings. The van der Waals surface area contributed by atoms with Gasteiger partial charge >= 0.3 is 6.18 Å². The van der Waals surface area contributed by atoms with Gasteiger partial charge in [-0.05, 0) is 49.5 Å². The van der Waals surface area contributed by atoms with Crippen LogP contribution in [0.2, 0.25) is 0 Å². The third-order valence-corrected chi connectivity index (χ3v) is 6.65. The number of halogens is 3. The van der Waals surface area contributed by atoms with Crippen LogP contribution in [-0.4, -0.2) is 40.2 Å². The summed E-state index contributed by atoms with van der Waals surface area (Å²) in [6.45, 7) is 3.02. The maximum atomic E-state index is 13.0. The number of hydrogen-bond acceptors (Lipinski definition) is 4. The van der Waals surface area contributed by atoms with Gasteiger partial charge in [-0.15, -0.1) is 11.3 Å². The molecule has 140 valence electrons. The molecule has 0 spiro atoms. The molecule has 5 heterocycles. The smallest absolute Gasteiger partial charge is 0.365 e. The summed E-state index contributed by atoms with van der Waals surface area (Å²) in [5, 5.41) is 3.57. The minimum absolute atomic E-state index is 0.209. The number of alkyl halides is 3. The van der Waals surface area contributed by atoms with Crippen LogP contribution in [0.5, 0.6) is 0 Å². The number of nitrogens with two attached hydrogens (primary N) is 1. The van der Waals surface area contributed by atoms with Gasteiger partial charge in [0.25, 0.3) is 5.91 Å². The Labute approximate surface area is 152 Å². The SMILES string of the molecule is Cn1nc(C(F)(F)F)cc1-c1cc(C2CN3CCC2CC3)c(C(N)=O)s1. The van der Waals surface area contributed by atoms with E-state index in [1.54, 1.807) is 0 Å². The number of carbonyl (C=O) groups excluding carboxylic acids is 1. The highest BCUT2D eigenvalue weighted by atomic mass is 32.1. The number of hydrogen-bond donors (Lipinski definition) is 1. The first-order valence-electron chi connectivity index (χ1n) is 8.51. The molecule has 0 saturated carbocycles. The quantitative estimate of drug-likeness (QED) is 0.885. The predicted octanol–water partition coefficient (Wildman–Crippen LogP) is 3.08. The topological polar surface area (TPSA) is 64.2 Å². The van der Waals surface area contributed by atoms with Crippen molar-refractivity contribution in [3.05, 3.63) is 28.3 Å². The van der Waals surface area contributed by atoms with Crippen LogP contribution >= 0.6 is 11.3 Å². The van der Waals surface area contributed by atoms with Crippen molar-refractivity contribution in [3.63, 3.8) is 0 Å². The molecule has 5 rings (SSSR count). The molecule has 2 aromatic rings. The third-order valence-electron chi connectivity index (χ3n) is 5.46. The molecule has 3 aliphatic heterocycles. The van der Waals surface area contributed by atoms with E-state index in [0.717, 1.165) is 55.4 Å². The van der Waals surface area contributed by atoms with Gasteiger partial charge in [0.1, 0.15) is 0 Å². The second kappa shape index (κ2) is 6.09. The first-order chi connectivity index (χ1) is 12.2. The summed E-state index contributed by atoms with van der Waals surface area (Å²) in [6.07, 6.45) is -2.34. The monoisotopic (exact) mass is 384 g/mol. The maximum absolute atomic E-state index is 13.0. The van der Waals surface area contributed by atoms with E-state index in [1.807, 2.05) is 6.07 Å². The Hall–Kier alpha value is -1.87. The number of aromatic nitrogens is 2. The molecule has 3 saturated heterocycles. The number of thiophene rings is 1. The number of amides is 1. The molecule has 0 aliphatic carbocycles. The lowest BCUT2D eigenvalue weighted by atomic mass is 9.75. The van der Waals surface area contributed by atoms with E-state index in [9.17, 15) is 18.0 Å². The minimum atomic E-state index is -4.50. The average Bonchev–Trinajstić information content (AvgIpc) is 3.19. The Balaban J connectivity index is 1.75. The number of piperidine rings is 3. The third kappa shape index (κ3) is 2.92. The Morgan fingerprint density at radius 3 is 2.50 bits per heavy atom. The fraction of sp³-hybridized carbons (Fsp3) is 0.529. The number of fused-ring (bicyclic) bond motifs is 3. The standard InChI is InChI=1S/C17H19F3N4OS/c1-23-12(7-14(22-23)17(18,19)20)13-6-10(15(26-13)16(21)25)11-8-24-4-2-9(11)3-5-24/h6-7,9,11H,2-5,8H2,1H3,(H2,21,25). The molecule has 0 radical (unpaired) electrons. The predicted molar refractivity (Wildman–Crippen MR) is 91.9 cm³/mol. The van der Waals surface area contributed by atoms with Gasteiger partial charge in [-0.2, -0.15) is 18.3 Å². The van der Waals surface area contributed by atoms with Gasteiger partial charge < -0.3 is 10.6 Å². The number of carbonyl (C=O) groups is 1. The van der Waals surface area contributed by atoms with Crippen LogP contribution in [0.15, 0.2) is 12.1 Å². The fourth-order valence-corrected chi connectivity index (χ4v) is 5.28. The molecule has 1 atom stereocenters. The maximum Gasteiger partial charge on any atom is 0.435 e. The van der Waals surface area contributed by atoms with Crippen LogP contribution < -0.4 is 5.73 Å². The lowest BCUT2D eigenvalue weighted by Gasteiger charge is -2.45. The molecule has 2 bridgehead atoms. The average molecular weight is 384 g/mol. The summed E-state index contributed by atoms with van der Waals surface area (Å²) in [6, 6.07) is 2.87. The lowest BCUT2D eigenvalue weighted by molar-refractivity contribution is -0.141. The molecule has 1 unspecified atom stereocenters. The molecule has 2 aromatic heterocycles. The van der Waals surface area contributed by atoms with Gasteiger partial charge in [0.05, 0.1) is 15.4 Å². The number of rotatable bonds is 3. The van der Waals surface area contributed by atoms with Gasteiger partial charge in [-0.25, -0.2) is 0 Å². The van der Waals surface area contributed by atoms with E-state index in [2.05, 4.69) is 10.00 Å². The second-order valence-corrected chi connectivity index (χ2v) is 8.09. The molecule has 9 heteroatoms. The second-order valence-electron chi connectivity index (χ2n) is 7.04. The van der Waals surface area contributed by atoms with Crippen LogP contribution in [0.25, 0.3) is 10.6 Å². The van der Waals surface area contributed by atoms with Crippen molar-refractivity contribution in [2.24, 2.45) is 18.7 Å². The van der Waals surface area contributed by atoms with Crippen molar-refractivity contribution in [1.82, 2.24) is 14.7 Å². The summed E-state index contributed by atoms with van der Waals surface area (Å²) in [7, 11) is 1.47. The summed E-state index contributed by atoms with van der Waals surface area (Å²) < 4.78 is 40.1. The highest BCUT2D eigenvalue weighted by molar-refractivity contribution is 7.17. The van der Waals surface area contributed by atoms with Crippen LogP contribution in [0.3, 0.4) is 0 Å². The van der Waals surface area contributed by atoms with Crippen molar-refractivity contribution in [2.45, 2.75) is 24.9 Å². The summed E-state index contributed by atoms with van der Waals surface area (Å²) in [5.74, 6) is 0.184. The summed E-state index contributed by atoms with van der Waals surface area (Å²) in [5.41, 5.74) is 5.86. The zero-order valence-corrected chi connectivity index (χ0v) is 15.0. The van der Waals surface area contributed by atoms with Crippen LogP contribution in [0.4, 0.5) is 13.2 Å². The van der Waals surface area contributed by atoms with Gasteiger partial charge in [0.15, 0.2) is 5.69 Å². The highest BCUT2D eigenvalue weighted by Gasteiger charge is 2.38. The molecule has 5 nitrogen and oxygen atoms in total. The molecular formula is C17H19F3N4OS. The van der Waals surface area contributed by atoms with Gasteiger partial charge in [-0.1, -0.05) is 0 Å². The summed E-state index contributed by atoms with van der Waals surface area (Å²) in [4.78, 5) is 15.4. The molecular weight excluding hydrogens is 365 g/mol. The Bertz CT molecular complexity index is 849. The first kappa shape index (κ1) is 17.5. The number of aryl methyl sites for hydroxylation is 1. The van der Waals surface area contributed by atoms with Crippen LogP contribution in [-0.2, 0) is 13.2 Å². The van der Waals surface area contributed by atoms with Gasteiger partial charge in [0.2, 0.25) is 0 Å². The first-order valence-corrected chi connectivity index (χ1v) is 9.33. The van der Waals surface area contributed by atoms with Crippen molar-refractivity contribution in [2.75, 3.05) is 19.6 Å². The minimum Gasteiger partial charge on any atom is -0.365 e. The highest BCUT2D eigenvalue weighted by Crippen LogP contribution is 2.44. The van der Waals surface area contributed by atoms with E-state index < -0.39 is 17.8 Å². The molecule has 0 aromatic carbocycles. The largest absolute Gasteiger partial charge is 0.435 e. The van der Waals surface area contributed by atoms with E-state index in [-0.39, 0.29) is 5.92 Å². The van der Waals surface area contributed by atoms with E-state index in [0.29, 0.717) is 21.4 Å². The van der Waals surface area contributed by atoms with Crippen LogP contribution in [0, 0.1) is 5.92 Å². The number of nitrogens with zero attached hydrogens (tertiary/aromatic N) is 3. The molecule has 3 aliphatic rings. The molecule has 2 N–H and O–H groups in total. The number of primary amides is 1. The fourth-order valence-electron chi connectivity index (χ4n) is 4.15. The Morgan fingerprint density at radius 1 is 1.31 bits per heavy atom. The normalized spacial score (nSPS) is 25.6. The van der Waals surface area contributed by atoms with E-state index in [4.69, 9.17) is 5.73 Å². The van der Waals surface area contributed by atoms with E-state index >= 15 is 0 Å². The van der Waals surface area contributed by atoms with Gasteiger partial charge in [0, 0.05) is 19.5 Å².